The first kappa shape index (κ1) is 16.1. The van der Waals surface area contributed by atoms with Crippen LogP contribution in [0.3, 0.4) is 0 Å². The topological polar surface area (TPSA) is 66.9 Å². The molecule has 0 saturated carbocycles. The fourth-order valence-electron chi connectivity index (χ4n) is 2.20. The van der Waals surface area contributed by atoms with Crippen molar-refractivity contribution in [1.82, 2.24) is 20.6 Å². The largest absolute Gasteiger partial charge is 0.334 e. The molecule has 2 aromatic heterocycles. The summed E-state index contributed by atoms with van der Waals surface area (Å²) in [6.07, 6.45) is 3.44. The number of aromatic nitrogens is 2. The minimum atomic E-state index is -0.201. The Morgan fingerprint density at radius 1 is 1.08 bits per heavy atom. The van der Waals surface area contributed by atoms with Gasteiger partial charge in [0.15, 0.2) is 0 Å². The lowest BCUT2D eigenvalue weighted by Gasteiger charge is -2.06. The molecule has 0 aliphatic heterocycles. The van der Waals surface area contributed by atoms with Gasteiger partial charge in [-0.2, -0.15) is 0 Å². The van der Waals surface area contributed by atoms with Crippen LogP contribution in [-0.4, -0.2) is 16.0 Å². The van der Waals surface area contributed by atoms with E-state index in [1.54, 1.807) is 23.7 Å². The number of pyridine rings is 1. The third-order valence-electron chi connectivity index (χ3n) is 3.50. The Balaban J connectivity index is 1.55. The van der Waals surface area contributed by atoms with Crippen molar-refractivity contribution in [1.29, 1.82) is 0 Å². The average molecular weight is 338 g/mol. The summed E-state index contributed by atoms with van der Waals surface area (Å²) in [6.45, 7) is 2.89. The van der Waals surface area contributed by atoms with Crippen molar-refractivity contribution in [3.05, 3.63) is 71.0 Å². The Labute approximate surface area is 144 Å². The molecule has 2 amide bonds. The van der Waals surface area contributed by atoms with Gasteiger partial charge in [-0.25, -0.2) is 9.78 Å². The first-order valence-corrected chi connectivity index (χ1v) is 8.46. The molecule has 0 bridgehead atoms. The fourth-order valence-corrected chi connectivity index (χ4v) is 3.21. The molecule has 0 aliphatic carbocycles. The number of carbonyl (C=O) groups excluding carboxylic acids is 1. The van der Waals surface area contributed by atoms with Gasteiger partial charge in [-0.15, -0.1) is 11.3 Å². The maximum Gasteiger partial charge on any atom is 0.315 e. The van der Waals surface area contributed by atoms with E-state index < -0.39 is 0 Å². The van der Waals surface area contributed by atoms with Gasteiger partial charge < -0.3 is 10.6 Å². The third kappa shape index (κ3) is 4.17. The number of hydrogen-bond donors (Lipinski definition) is 2. The summed E-state index contributed by atoms with van der Waals surface area (Å²) in [5.41, 5.74) is 3.01. The van der Waals surface area contributed by atoms with Gasteiger partial charge in [-0.3, -0.25) is 4.98 Å². The number of amides is 2. The van der Waals surface area contributed by atoms with Crippen molar-refractivity contribution in [2.45, 2.75) is 20.0 Å². The number of benzene rings is 1. The minimum Gasteiger partial charge on any atom is -0.334 e. The van der Waals surface area contributed by atoms with Crippen molar-refractivity contribution in [3.63, 3.8) is 0 Å². The number of nitrogens with zero attached hydrogens (tertiary/aromatic N) is 2. The van der Waals surface area contributed by atoms with Crippen molar-refractivity contribution in [2.75, 3.05) is 0 Å². The molecule has 5 nitrogen and oxygen atoms in total. The second-order valence-electron chi connectivity index (χ2n) is 5.29. The van der Waals surface area contributed by atoms with Crippen LogP contribution in [0.5, 0.6) is 0 Å². The molecule has 24 heavy (non-hydrogen) atoms. The SMILES string of the molecule is Cc1nc(-c2ccccc2)sc1CNC(=O)NCc1cccnc1. The average Bonchev–Trinajstić information content (AvgIpc) is 3.01. The molecule has 0 fully saturated rings. The molecule has 0 radical (unpaired) electrons. The highest BCUT2D eigenvalue weighted by atomic mass is 32.1. The summed E-state index contributed by atoms with van der Waals surface area (Å²) in [6, 6.07) is 13.6. The van der Waals surface area contributed by atoms with E-state index in [2.05, 4.69) is 20.6 Å². The molecule has 2 heterocycles. The summed E-state index contributed by atoms with van der Waals surface area (Å²) in [4.78, 5) is 21.6. The maximum atomic E-state index is 11.9. The first-order chi connectivity index (χ1) is 11.7. The molecule has 122 valence electrons. The Morgan fingerprint density at radius 3 is 2.62 bits per heavy atom. The smallest absolute Gasteiger partial charge is 0.315 e. The summed E-state index contributed by atoms with van der Waals surface area (Å²) >= 11 is 1.61. The second-order valence-corrected chi connectivity index (χ2v) is 6.37. The van der Waals surface area contributed by atoms with Crippen molar-refractivity contribution in [2.24, 2.45) is 0 Å². The maximum absolute atomic E-state index is 11.9. The van der Waals surface area contributed by atoms with Crippen LogP contribution in [0.15, 0.2) is 54.9 Å². The molecule has 0 saturated heterocycles. The van der Waals surface area contributed by atoms with Crippen LogP contribution >= 0.6 is 11.3 Å². The van der Waals surface area contributed by atoms with Crippen LogP contribution < -0.4 is 10.6 Å². The Bertz CT molecular complexity index is 802. The molecule has 0 atom stereocenters. The molecule has 0 unspecified atom stereocenters. The highest BCUT2D eigenvalue weighted by molar-refractivity contribution is 7.15. The van der Waals surface area contributed by atoms with E-state index >= 15 is 0 Å². The van der Waals surface area contributed by atoms with Gasteiger partial charge in [0.05, 0.1) is 12.2 Å². The van der Waals surface area contributed by atoms with Gasteiger partial charge in [0.2, 0.25) is 0 Å². The van der Waals surface area contributed by atoms with Gasteiger partial charge in [-0.05, 0) is 18.6 Å². The van der Waals surface area contributed by atoms with E-state index in [1.807, 2.05) is 49.4 Å². The fraction of sp³-hybridized carbons (Fsp3) is 0.167. The summed E-state index contributed by atoms with van der Waals surface area (Å²) in [5.74, 6) is 0. The van der Waals surface area contributed by atoms with Crippen LogP contribution in [0.25, 0.3) is 10.6 Å². The second kappa shape index (κ2) is 7.70. The van der Waals surface area contributed by atoms with Crippen LogP contribution in [0.2, 0.25) is 0 Å². The Kier molecular flexibility index (Phi) is 5.18. The van der Waals surface area contributed by atoms with Crippen LogP contribution in [0.1, 0.15) is 16.1 Å². The lowest BCUT2D eigenvalue weighted by molar-refractivity contribution is 0.240. The zero-order valence-corrected chi connectivity index (χ0v) is 14.1. The number of thiazole rings is 1. The quantitative estimate of drug-likeness (QED) is 0.748. The van der Waals surface area contributed by atoms with Gasteiger partial charge in [0.1, 0.15) is 5.01 Å². The van der Waals surface area contributed by atoms with Gasteiger partial charge in [0.25, 0.3) is 0 Å². The molecule has 3 rings (SSSR count). The molecule has 2 N–H and O–H groups in total. The zero-order valence-electron chi connectivity index (χ0n) is 13.3. The predicted molar refractivity (Wildman–Crippen MR) is 95.6 cm³/mol. The van der Waals surface area contributed by atoms with Crippen LogP contribution in [0.4, 0.5) is 4.79 Å². The van der Waals surface area contributed by atoms with Gasteiger partial charge in [0, 0.05) is 29.4 Å². The van der Waals surface area contributed by atoms with E-state index in [4.69, 9.17) is 0 Å². The molecular weight excluding hydrogens is 320 g/mol. The van der Waals surface area contributed by atoms with Crippen molar-refractivity contribution >= 4 is 17.4 Å². The standard InChI is InChI=1S/C18H18N4OS/c1-13-16(24-17(22-13)15-7-3-2-4-8-15)12-21-18(23)20-11-14-6-5-9-19-10-14/h2-10H,11-12H2,1H3,(H2,20,21,23). The number of carbonyl (C=O) groups is 1. The number of urea groups is 1. The summed E-state index contributed by atoms with van der Waals surface area (Å²) < 4.78 is 0. The van der Waals surface area contributed by atoms with Crippen molar-refractivity contribution in [3.8, 4) is 10.6 Å². The molecule has 3 aromatic rings. The molecule has 0 aliphatic rings. The van der Waals surface area contributed by atoms with E-state index in [1.165, 1.54) is 0 Å². The zero-order chi connectivity index (χ0) is 16.8. The third-order valence-corrected chi connectivity index (χ3v) is 4.71. The minimum absolute atomic E-state index is 0.201. The molecular formula is C18H18N4OS. The Hall–Kier alpha value is -2.73. The molecule has 0 spiro atoms. The lowest BCUT2D eigenvalue weighted by atomic mass is 10.2. The highest BCUT2D eigenvalue weighted by Gasteiger charge is 2.10. The molecule has 6 heteroatoms. The first-order valence-electron chi connectivity index (χ1n) is 7.64. The van der Waals surface area contributed by atoms with E-state index in [-0.39, 0.29) is 6.03 Å². The number of hydrogen-bond acceptors (Lipinski definition) is 4. The number of rotatable bonds is 5. The lowest BCUT2D eigenvalue weighted by Crippen LogP contribution is -2.34. The normalized spacial score (nSPS) is 10.4. The highest BCUT2D eigenvalue weighted by Crippen LogP contribution is 2.27. The predicted octanol–water partition coefficient (Wildman–Crippen LogP) is 3.51. The van der Waals surface area contributed by atoms with Crippen LogP contribution in [0, 0.1) is 6.92 Å². The van der Waals surface area contributed by atoms with E-state index in [0.717, 1.165) is 26.7 Å². The number of nitrogens with one attached hydrogen (secondary N) is 2. The van der Waals surface area contributed by atoms with Gasteiger partial charge >= 0.3 is 6.03 Å². The summed E-state index contributed by atoms with van der Waals surface area (Å²) in [5, 5.41) is 6.67. The monoisotopic (exact) mass is 338 g/mol. The van der Waals surface area contributed by atoms with E-state index in [9.17, 15) is 4.79 Å². The number of aryl methyl sites for hydroxylation is 1. The van der Waals surface area contributed by atoms with Crippen molar-refractivity contribution < 1.29 is 4.79 Å². The molecule has 1 aromatic carbocycles. The van der Waals surface area contributed by atoms with E-state index in [0.29, 0.717) is 13.1 Å². The Morgan fingerprint density at radius 2 is 1.88 bits per heavy atom. The summed E-state index contributed by atoms with van der Waals surface area (Å²) in [7, 11) is 0. The van der Waals surface area contributed by atoms with Gasteiger partial charge in [-0.1, -0.05) is 36.4 Å². The van der Waals surface area contributed by atoms with Crippen LogP contribution in [-0.2, 0) is 13.1 Å².